The van der Waals surface area contributed by atoms with Gasteiger partial charge in [0, 0.05) is 23.7 Å². The monoisotopic (exact) mass is 293 g/mol. The molecule has 1 heterocycles. The lowest BCUT2D eigenvalue weighted by molar-refractivity contribution is -0.384. The van der Waals surface area contributed by atoms with Crippen LogP contribution in [0, 0.1) is 10.1 Å². The van der Waals surface area contributed by atoms with Gasteiger partial charge in [0.05, 0.1) is 22.7 Å². The lowest BCUT2D eigenvalue weighted by Crippen LogP contribution is -2.24. The lowest BCUT2D eigenvalue weighted by atomic mass is 10.1. The number of nitrogens with zero attached hydrogens (tertiary/aromatic N) is 2. The second-order valence-electron chi connectivity index (χ2n) is 3.74. The Kier molecular flexibility index (Phi) is 4.23. The Hall–Kier alpha value is -2.52. The molecule has 0 saturated carbocycles. The third-order valence-corrected chi connectivity index (χ3v) is 3.28. The van der Waals surface area contributed by atoms with Crippen molar-refractivity contribution in [1.82, 2.24) is 10.3 Å². The smallest absolute Gasteiger partial charge is 0.270 e. The van der Waals surface area contributed by atoms with E-state index in [0.29, 0.717) is 5.69 Å². The number of nitrogen functional groups attached to an aromatic ring is 1. The van der Waals surface area contributed by atoms with Crippen molar-refractivity contribution in [2.45, 2.75) is 6.54 Å². The average Bonchev–Trinajstić information content (AvgIpc) is 2.97. The predicted octanol–water partition coefficient (Wildman–Crippen LogP) is 1.27. The summed E-state index contributed by atoms with van der Waals surface area (Å²) in [6.45, 7) is 0.253. The zero-order valence-corrected chi connectivity index (χ0v) is 11.0. The summed E-state index contributed by atoms with van der Waals surface area (Å²) in [6, 6.07) is 3.83. The van der Waals surface area contributed by atoms with E-state index in [1.165, 1.54) is 29.5 Å². The summed E-state index contributed by atoms with van der Waals surface area (Å²) >= 11 is 1.40. The van der Waals surface area contributed by atoms with Crippen molar-refractivity contribution >= 4 is 28.6 Å². The second-order valence-corrected chi connectivity index (χ2v) is 4.72. The highest BCUT2D eigenvalue weighted by molar-refractivity contribution is 7.09. The topological polar surface area (TPSA) is 123 Å². The van der Waals surface area contributed by atoms with Crippen LogP contribution in [-0.4, -0.2) is 15.8 Å². The van der Waals surface area contributed by atoms with Crippen LogP contribution in [0.4, 0.5) is 11.4 Å². The fourth-order valence-corrected chi connectivity index (χ4v) is 2.11. The minimum Gasteiger partial charge on any atom is -0.345 e. The summed E-state index contributed by atoms with van der Waals surface area (Å²) in [5.74, 6) is 4.83. The highest BCUT2D eigenvalue weighted by Gasteiger charge is 2.16. The maximum atomic E-state index is 12.0. The number of carbonyl (C=O) groups excluding carboxylic acids is 1. The number of aromatic nitrogens is 1. The maximum Gasteiger partial charge on any atom is 0.270 e. The van der Waals surface area contributed by atoms with E-state index in [1.807, 2.05) is 0 Å². The number of benzene rings is 1. The molecule has 8 nitrogen and oxygen atoms in total. The standard InChI is InChI=1S/C11H11N5O3S/c12-15-9-2-1-7(16(18)19)5-8(9)11(17)14-6-10-13-3-4-20-10/h1-5,15H,6,12H2,(H,14,17). The molecule has 2 aromatic rings. The molecule has 20 heavy (non-hydrogen) atoms. The maximum absolute atomic E-state index is 12.0. The van der Waals surface area contributed by atoms with Gasteiger partial charge in [0.2, 0.25) is 0 Å². The van der Waals surface area contributed by atoms with Crippen LogP contribution < -0.4 is 16.6 Å². The molecule has 2 rings (SSSR count). The van der Waals surface area contributed by atoms with Crippen molar-refractivity contribution in [2.24, 2.45) is 5.84 Å². The van der Waals surface area contributed by atoms with E-state index < -0.39 is 10.8 Å². The van der Waals surface area contributed by atoms with Crippen molar-refractivity contribution < 1.29 is 9.72 Å². The van der Waals surface area contributed by atoms with Gasteiger partial charge in [-0.1, -0.05) is 0 Å². The van der Waals surface area contributed by atoms with Gasteiger partial charge in [-0.25, -0.2) is 4.98 Å². The van der Waals surface area contributed by atoms with Gasteiger partial charge in [-0.2, -0.15) is 0 Å². The molecule has 1 aromatic heterocycles. The fourth-order valence-electron chi connectivity index (χ4n) is 1.55. The second kappa shape index (κ2) is 6.08. The number of hydrazine groups is 1. The number of hydrogen-bond acceptors (Lipinski definition) is 7. The number of nitrogens with one attached hydrogen (secondary N) is 2. The average molecular weight is 293 g/mol. The van der Waals surface area contributed by atoms with Crippen molar-refractivity contribution in [2.75, 3.05) is 5.43 Å². The van der Waals surface area contributed by atoms with Crippen LogP contribution in [0.5, 0.6) is 0 Å². The molecule has 0 fully saturated rings. The van der Waals surface area contributed by atoms with Gasteiger partial charge in [-0.3, -0.25) is 20.8 Å². The van der Waals surface area contributed by atoms with E-state index in [9.17, 15) is 14.9 Å². The number of anilines is 1. The molecule has 0 spiro atoms. The quantitative estimate of drug-likeness (QED) is 0.433. The number of carbonyl (C=O) groups is 1. The van der Waals surface area contributed by atoms with E-state index >= 15 is 0 Å². The van der Waals surface area contributed by atoms with Crippen molar-refractivity contribution in [3.8, 4) is 0 Å². The number of hydrogen-bond donors (Lipinski definition) is 3. The molecular formula is C11H11N5O3S. The van der Waals surface area contributed by atoms with E-state index in [-0.39, 0.29) is 17.8 Å². The van der Waals surface area contributed by atoms with E-state index in [4.69, 9.17) is 5.84 Å². The molecule has 104 valence electrons. The van der Waals surface area contributed by atoms with Crippen molar-refractivity contribution in [1.29, 1.82) is 0 Å². The summed E-state index contributed by atoms with van der Waals surface area (Å²) in [5, 5.41) is 15.9. The molecule has 0 aliphatic carbocycles. The van der Waals surface area contributed by atoms with Crippen LogP contribution in [0.1, 0.15) is 15.4 Å². The molecule has 1 aromatic carbocycles. The molecule has 0 radical (unpaired) electrons. The summed E-state index contributed by atoms with van der Waals surface area (Å²) in [6.07, 6.45) is 1.63. The number of non-ortho nitro benzene ring substituents is 1. The highest BCUT2D eigenvalue weighted by Crippen LogP contribution is 2.21. The molecule has 0 bridgehead atoms. The zero-order chi connectivity index (χ0) is 14.5. The summed E-state index contributed by atoms with van der Waals surface area (Å²) < 4.78 is 0. The van der Waals surface area contributed by atoms with Crippen molar-refractivity contribution in [3.63, 3.8) is 0 Å². The number of thiazole rings is 1. The number of nitro benzene ring substituents is 1. The number of nitro groups is 1. The predicted molar refractivity (Wildman–Crippen MR) is 74.2 cm³/mol. The zero-order valence-electron chi connectivity index (χ0n) is 10.2. The van der Waals surface area contributed by atoms with E-state index in [2.05, 4.69) is 15.7 Å². The van der Waals surface area contributed by atoms with Gasteiger partial charge in [-0.05, 0) is 6.07 Å². The van der Waals surface area contributed by atoms with Crippen LogP contribution >= 0.6 is 11.3 Å². The molecule has 0 saturated heterocycles. The normalized spacial score (nSPS) is 10.1. The van der Waals surface area contributed by atoms with Crippen molar-refractivity contribution in [3.05, 3.63) is 50.5 Å². The highest BCUT2D eigenvalue weighted by atomic mass is 32.1. The third-order valence-electron chi connectivity index (χ3n) is 2.50. The van der Waals surface area contributed by atoms with Gasteiger partial charge in [0.1, 0.15) is 5.01 Å². The molecule has 9 heteroatoms. The Balaban J connectivity index is 2.18. The third kappa shape index (κ3) is 3.08. The molecular weight excluding hydrogens is 282 g/mol. The largest absolute Gasteiger partial charge is 0.345 e. The Morgan fingerprint density at radius 3 is 2.90 bits per heavy atom. The summed E-state index contributed by atoms with van der Waals surface area (Å²) in [7, 11) is 0. The van der Waals surface area contributed by atoms with Gasteiger partial charge in [-0.15, -0.1) is 11.3 Å². The van der Waals surface area contributed by atoms with Crippen LogP contribution in [-0.2, 0) is 6.54 Å². The Bertz CT molecular complexity index is 629. The first kappa shape index (κ1) is 13.9. The molecule has 0 aliphatic heterocycles. The lowest BCUT2D eigenvalue weighted by Gasteiger charge is -2.08. The Morgan fingerprint density at radius 2 is 2.30 bits per heavy atom. The first-order chi connectivity index (χ1) is 9.61. The van der Waals surface area contributed by atoms with Gasteiger partial charge >= 0.3 is 0 Å². The summed E-state index contributed by atoms with van der Waals surface area (Å²) in [5.41, 5.74) is 2.58. The Labute approximate surface area is 117 Å². The van der Waals surface area contributed by atoms with Crippen LogP contribution in [0.25, 0.3) is 0 Å². The van der Waals surface area contributed by atoms with Gasteiger partial charge < -0.3 is 10.7 Å². The van der Waals surface area contributed by atoms with Crippen LogP contribution in [0.2, 0.25) is 0 Å². The molecule has 1 amide bonds. The first-order valence-electron chi connectivity index (χ1n) is 5.53. The van der Waals surface area contributed by atoms with Gasteiger partial charge in [0.15, 0.2) is 0 Å². The number of amides is 1. The van der Waals surface area contributed by atoms with E-state index in [1.54, 1.807) is 11.6 Å². The number of nitrogens with two attached hydrogens (primary N) is 1. The molecule has 4 N–H and O–H groups in total. The van der Waals surface area contributed by atoms with E-state index in [0.717, 1.165) is 5.01 Å². The van der Waals surface area contributed by atoms with Crippen LogP contribution in [0.3, 0.4) is 0 Å². The minimum atomic E-state index is -0.572. The van der Waals surface area contributed by atoms with Gasteiger partial charge in [0.25, 0.3) is 11.6 Å². The molecule has 0 aliphatic rings. The summed E-state index contributed by atoms with van der Waals surface area (Å²) in [4.78, 5) is 26.2. The first-order valence-corrected chi connectivity index (χ1v) is 6.41. The molecule has 0 unspecified atom stereocenters. The minimum absolute atomic E-state index is 0.109. The van der Waals surface area contributed by atoms with Crippen LogP contribution in [0.15, 0.2) is 29.8 Å². The fraction of sp³-hybridized carbons (Fsp3) is 0.0909. The number of rotatable bonds is 5. The SMILES string of the molecule is NNc1ccc([N+](=O)[O-])cc1C(=O)NCc1nccs1. The molecule has 0 atom stereocenters. The Morgan fingerprint density at radius 1 is 1.50 bits per heavy atom.